The molecule has 0 unspecified atom stereocenters. The number of para-hydroxylation sites is 1. The molecule has 5 heteroatoms. The predicted molar refractivity (Wildman–Crippen MR) is 78.3 cm³/mol. The van der Waals surface area contributed by atoms with E-state index in [0.29, 0.717) is 6.54 Å². The highest BCUT2D eigenvalue weighted by atomic mass is 32.1. The van der Waals surface area contributed by atoms with Crippen molar-refractivity contribution in [2.45, 2.75) is 25.4 Å². The van der Waals surface area contributed by atoms with Crippen LogP contribution in [0.25, 0.3) is 0 Å². The van der Waals surface area contributed by atoms with Gasteiger partial charge in [0.25, 0.3) is 0 Å². The molecule has 1 N–H and O–H groups in total. The van der Waals surface area contributed by atoms with Crippen LogP contribution in [0, 0.1) is 5.82 Å². The second-order valence-corrected chi connectivity index (χ2v) is 5.88. The lowest BCUT2D eigenvalue weighted by atomic mass is 10.3. The van der Waals surface area contributed by atoms with Gasteiger partial charge in [-0.15, -0.1) is 11.3 Å². The SMILES string of the molecule is O=C(Nc1ccccc1F)N(Cc1cccs1)C1CC1. The van der Waals surface area contributed by atoms with Gasteiger partial charge in [-0.2, -0.15) is 0 Å². The zero-order valence-electron chi connectivity index (χ0n) is 10.9. The number of benzene rings is 1. The summed E-state index contributed by atoms with van der Waals surface area (Å²) >= 11 is 1.63. The Bertz CT molecular complexity index is 596. The molecule has 1 aromatic heterocycles. The highest BCUT2D eigenvalue weighted by Gasteiger charge is 2.33. The van der Waals surface area contributed by atoms with Crippen LogP contribution in [0.3, 0.4) is 0 Å². The van der Waals surface area contributed by atoms with Gasteiger partial charge < -0.3 is 10.2 Å². The molecule has 104 valence electrons. The number of anilines is 1. The van der Waals surface area contributed by atoms with Gasteiger partial charge in [-0.05, 0) is 36.4 Å². The average molecular weight is 290 g/mol. The number of hydrogen-bond donors (Lipinski definition) is 1. The van der Waals surface area contributed by atoms with Gasteiger partial charge in [-0.3, -0.25) is 0 Å². The van der Waals surface area contributed by atoms with Gasteiger partial charge in [-0.1, -0.05) is 18.2 Å². The molecule has 1 fully saturated rings. The van der Waals surface area contributed by atoms with Gasteiger partial charge in [0.1, 0.15) is 5.82 Å². The minimum absolute atomic E-state index is 0.231. The van der Waals surface area contributed by atoms with E-state index in [1.807, 2.05) is 17.5 Å². The summed E-state index contributed by atoms with van der Waals surface area (Å²) in [4.78, 5) is 15.3. The number of urea groups is 1. The summed E-state index contributed by atoms with van der Waals surface area (Å²) < 4.78 is 13.6. The number of hydrogen-bond acceptors (Lipinski definition) is 2. The molecular weight excluding hydrogens is 275 g/mol. The predicted octanol–water partition coefficient (Wildman–Crippen LogP) is 4.08. The van der Waals surface area contributed by atoms with Crippen LogP contribution in [-0.4, -0.2) is 17.0 Å². The first kappa shape index (κ1) is 13.1. The highest BCUT2D eigenvalue weighted by molar-refractivity contribution is 7.09. The summed E-state index contributed by atoms with van der Waals surface area (Å²) in [6, 6.07) is 10.3. The van der Waals surface area contributed by atoms with Crippen molar-refractivity contribution in [2.75, 3.05) is 5.32 Å². The number of carbonyl (C=O) groups excluding carboxylic acids is 1. The van der Waals surface area contributed by atoms with Gasteiger partial charge in [0, 0.05) is 10.9 Å². The van der Waals surface area contributed by atoms with Gasteiger partial charge in [0.05, 0.1) is 12.2 Å². The molecule has 1 heterocycles. The minimum atomic E-state index is -0.410. The first-order chi connectivity index (χ1) is 9.74. The molecule has 0 bridgehead atoms. The third-order valence-electron chi connectivity index (χ3n) is 3.27. The van der Waals surface area contributed by atoms with E-state index >= 15 is 0 Å². The zero-order valence-corrected chi connectivity index (χ0v) is 11.7. The van der Waals surface area contributed by atoms with Crippen molar-refractivity contribution in [3.63, 3.8) is 0 Å². The monoisotopic (exact) mass is 290 g/mol. The molecule has 1 aliphatic carbocycles. The molecule has 1 saturated carbocycles. The first-order valence-electron chi connectivity index (χ1n) is 6.58. The molecular formula is C15H15FN2OS. The van der Waals surface area contributed by atoms with E-state index in [1.165, 1.54) is 6.07 Å². The molecule has 0 radical (unpaired) electrons. The Labute approximate surface area is 121 Å². The average Bonchev–Trinajstić information content (AvgIpc) is 3.15. The van der Waals surface area contributed by atoms with Gasteiger partial charge in [0.15, 0.2) is 0 Å². The lowest BCUT2D eigenvalue weighted by Gasteiger charge is -2.22. The quantitative estimate of drug-likeness (QED) is 0.904. The zero-order chi connectivity index (χ0) is 13.9. The number of carbonyl (C=O) groups is 1. The van der Waals surface area contributed by atoms with E-state index in [1.54, 1.807) is 34.4 Å². The van der Waals surface area contributed by atoms with E-state index in [9.17, 15) is 9.18 Å². The third-order valence-corrected chi connectivity index (χ3v) is 4.13. The Kier molecular flexibility index (Phi) is 3.69. The van der Waals surface area contributed by atoms with E-state index in [4.69, 9.17) is 0 Å². The van der Waals surface area contributed by atoms with E-state index in [2.05, 4.69) is 5.32 Å². The number of amides is 2. The summed E-state index contributed by atoms with van der Waals surface area (Å²) in [5.41, 5.74) is 0.231. The fraction of sp³-hybridized carbons (Fsp3) is 0.267. The Morgan fingerprint density at radius 1 is 1.30 bits per heavy atom. The van der Waals surface area contributed by atoms with Crippen LogP contribution in [0.4, 0.5) is 14.9 Å². The standard InChI is InChI=1S/C15H15FN2OS/c16-13-5-1-2-6-14(13)17-15(19)18(11-7-8-11)10-12-4-3-9-20-12/h1-6,9,11H,7-8,10H2,(H,17,19). The fourth-order valence-electron chi connectivity index (χ4n) is 2.07. The summed E-state index contributed by atoms with van der Waals surface area (Å²) in [6.07, 6.45) is 2.05. The molecule has 0 aliphatic heterocycles. The lowest BCUT2D eigenvalue weighted by molar-refractivity contribution is 0.206. The molecule has 20 heavy (non-hydrogen) atoms. The van der Waals surface area contributed by atoms with Crippen LogP contribution >= 0.6 is 11.3 Å². The topological polar surface area (TPSA) is 32.3 Å². The van der Waals surface area contributed by atoms with E-state index < -0.39 is 5.82 Å². The third kappa shape index (κ3) is 2.99. The van der Waals surface area contributed by atoms with Crippen molar-refractivity contribution < 1.29 is 9.18 Å². The number of thiophene rings is 1. The van der Waals surface area contributed by atoms with Gasteiger partial charge in [-0.25, -0.2) is 9.18 Å². The molecule has 2 amide bonds. The fourth-order valence-corrected chi connectivity index (χ4v) is 2.78. The Balaban J connectivity index is 1.71. The molecule has 0 spiro atoms. The second kappa shape index (κ2) is 5.63. The largest absolute Gasteiger partial charge is 0.322 e. The molecule has 0 atom stereocenters. The maximum absolute atomic E-state index is 13.6. The lowest BCUT2D eigenvalue weighted by Crippen LogP contribution is -2.36. The van der Waals surface area contributed by atoms with Gasteiger partial charge >= 0.3 is 6.03 Å². The summed E-state index contributed by atoms with van der Waals surface area (Å²) in [5, 5.41) is 4.66. The maximum Gasteiger partial charge on any atom is 0.322 e. The van der Waals surface area contributed by atoms with Crippen LogP contribution in [0.15, 0.2) is 41.8 Å². The van der Waals surface area contributed by atoms with Gasteiger partial charge in [0.2, 0.25) is 0 Å². The first-order valence-corrected chi connectivity index (χ1v) is 7.46. The molecule has 3 nitrogen and oxygen atoms in total. The molecule has 1 aliphatic rings. The van der Waals surface area contributed by atoms with Crippen molar-refractivity contribution in [3.8, 4) is 0 Å². The van der Waals surface area contributed by atoms with Crippen LogP contribution in [0.1, 0.15) is 17.7 Å². The summed E-state index contributed by atoms with van der Waals surface area (Å²) in [5.74, 6) is -0.410. The van der Waals surface area contributed by atoms with Crippen LogP contribution in [-0.2, 0) is 6.54 Å². The van der Waals surface area contributed by atoms with Crippen LogP contribution in [0.2, 0.25) is 0 Å². The molecule has 2 aromatic rings. The van der Waals surface area contributed by atoms with Crippen LogP contribution in [0.5, 0.6) is 0 Å². The highest BCUT2D eigenvalue weighted by Crippen LogP contribution is 2.30. The number of nitrogens with one attached hydrogen (secondary N) is 1. The number of nitrogens with zero attached hydrogens (tertiary/aromatic N) is 1. The summed E-state index contributed by atoms with van der Waals surface area (Å²) in [7, 11) is 0. The Morgan fingerprint density at radius 3 is 2.75 bits per heavy atom. The molecule has 0 saturated heterocycles. The van der Waals surface area contributed by atoms with Crippen molar-refractivity contribution in [1.82, 2.24) is 4.90 Å². The second-order valence-electron chi connectivity index (χ2n) is 4.85. The Hall–Kier alpha value is -1.88. The molecule has 3 rings (SSSR count). The van der Waals surface area contributed by atoms with Crippen molar-refractivity contribution in [1.29, 1.82) is 0 Å². The number of halogens is 1. The van der Waals surface area contributed by atoms with E-state index in [-0.39, 0.29) is 17.8 Å². The van der Waals surface area contributed by atoms with E-state index in [0.717, 1.165) is 17.7 Å². The maximum atomic E-state index is 13.6. The summed E-state index contributed by atoms with van der Waals surface area (Å²) in [6.45, 7) is 0.586. The normalized spacial score (nSPS) is 14.1. The van der Waals surface area contributed by atoms with Crippen molar-refractivity contribution >= 4 is 23.1 Å². The smallest absolute Gasteiger partial charge is 0.316 e. The molecule has 1 aromatic carbocycles. The van der Waals surface area contributed by atoms with Crippen molar-refractivity contribution in [3.05, 3.63) is 52.5 Å². The van der Waals surface area contributed by atoms with Crippen LogP contribution < -0.4 is 5.32 Å². The Morgan fingerprint density at radius 2 is 2.10 bits per heavy atom. The minimum Gasteiger partial charge on any atom is -0.316 e. The number of rotatable bonds is 4. The van der Waals surface area contributed by atoms with Crippen molar-refractivity contribution in [2.24, 2.45) is 0 Å².